The summed E-state index contributed by atoms with van der Waals surface area (Å²) in [6.45, 7) is 2.52. The first-order chi connectivity index (χ1) is 10.6. The van der Waals surface area contributed by atoms with E-state index in [-0.39, 0.29) is 5.56 Å². The molecule has 0 unspecified atom stereocenters. The second-order valence-electron chi connectivity index (χ2n) is 4.55. The molecule has 4 nitrogen and oxygen atoms in total. The van der Waals surface area contributed by atoms with Crippen molar-refractivity contribution in [2.45, 2.75) is 6.92 Å². The van der Waals surface area contributed by atoms with Gasteiger partial charge in [-0.15, -0.1) is 0 Å². The van der Waals surface area contributed by atoms with E-state index in [1.165, 1.54) is 12.1 Å². The van der Waals surface area contributed by atoms with Crippen molar-refractivity contribution in [3.8, 4) is 11.8 Å². The van der Waals surface area contributed by atoms with Crippen LogP contribution in [-0.2, 0) is 0 Å². The van der Waals surface area contributed by atoms with Gasteiger partial charge in [0.1, 0.15) is 5.75 Å². The summed E-state index contributed by atoms with van der Waals surface area (Å²) in [6, 6.07) is 15.8. The average molecular weight is 293 g/mol. The first-order valence-electron chi connectivity index (χ1n) is 6.82. The van der Waals surface area contributed by atoms with Gasteiger partial charge in [-0.25, -0.2) is 4.79 Å². The lowest BCUT2D eigenvalue weighted by Crippen LogP contribution is -1.95. The molecule has 22 heavy (non-hydrogen) atoms. The topological polar surface area (TPSA) is 70.3 Å². The van der Waals surface area contributed by atoms with Crippen LogP contribution in [0.15, 0.2) is 48.5 Å². The molecule has 0 radical (unpaired) electrons. The number of hydrogen-bond acceptors (Lipinski definition) is 3. The minimum absolute atomic E-state index is 0.196. The Hall–Kier alpha value is -3.06. The molecular formula is C18H15NO3. The van der Waals surface area contributed by atoms with E-state index in [9.17, 15) is 10.1 Å². The Morgan fingerprint density at radius 3 is 2.23 bits per heavy atom. The maximum absolute atomic E-state index is 10.8. The SMILES string of the molecule is CCOc1ccc(/C=C(/C#N)c2ccc(C(=O)O)cc2)cc1. The molecular weight excluding hydrogens is 278 g/mol. The zero-order valence-electron chi connectivity index (χ0n) is 12.1. The summed E-state index contributed by atoms with van der Waals surface area (Å²) in [7, 11) is 0. The van der Waals surface area contributed by atoms with Crippen molar-refractivity contribution in [2.24, 2.45) is 0 Å². The highest BCUT2D eigenvalue weighted by Gasteiger charge is 2.05. The molecule has 0 aliphatic rings. The highest BCUT2D eigenvalue weighted by Crippen LogP contribution is 2.20. The Balaban J connectivity index is 2.27. The summed E-state index contributed by atoms with van der Waals surface area (Å²) in [6.07, 6.45) is 1.76. The van der Waals surface area contributed by atoms with Crippen LogP contribution in [0.2, 0.25) is 0 Å². The van der Waals surface area contributed by atoms with E-state index in [4.69, 9.17) is 9.84 Å². The lowest BCUT2D eigenvalue weighted by molar-refractivity contribution is 0.0697. The van der Waals surface area contributed by atoms with Crippen LogP contribution in [0.5, 0.6) is 5.75 Å². The molecule has 0 fully saturated rings. The number of nitriles is 1. The largest absolute Gasteiger partial charge is 0.494 e. The van der Waals surface area contributed by atoms with Crippen LogP contribution in [0, 0.1) is 11.3 Å². The first kappa shape index (κ1) is 15.3. The molecule has 2 rings (SSSR count). The van der Waals surface area contributed by atoms with Crippen LogP contribution < -0.4 is 4.74 Å². The third-order valence-electron chi connectivity index (χ3n) is 3.07. The van der Waals surface area contributed by atoms with Crippen molar-refractivity contribution < 1.29 is 14.6 Å². The van der Waals surface area contributed by atoms with Crippen LogP contribution >= 0.6 is 0 Å². The van der Waals surface area contributed by atoms with Crippen LogP contribution in [-0.4, -0.2) is 17.7 Å². The Morgan fingerprint density at radius 1 is 1.14 bits per heavy atom. The maximum Gasteiger partial charge on any atom is 0.335 e. The third-order valence-corrected chi connectivity index (χ3v) is 3.07. The third kappa shape index (κ3) is 3.74. The van der Waals surface area contributed by atoms with Gasteiger partial charge in [0.05, 0.1) is 23.8 Å². The summed E-state index contributed by atoms with van der Waals surface area (Å²) < 4.78 is 5.37. The molecule has 0 atom stereocenters. The molecule has 1 N–H and O–H groups in total. The number of allylic oxidation sites excluding steroid dienone is 1. The summed E-state index contributed by atoms with van der Waals surface area (Å²) in [5, 5.41) is 18.2. The fraction of sp³-hybridized carbons (Fsp3) is 0.111. The van der Waals surface area contributed by atoms with E-state index in [2.05, 4.69) is 6.07 Å². The number of hydrogen-bond donors (Lipinski definition) is 1. The highest BCUT2D eigenvalue weighted by molar-refractivity contribution is 5.92. The van der Waals surface area contributed by atoms with Gasteiger partial charge in [-0.3, -0.25) is 0 Å². The van der Waals surface area contributed by atoms with Gasteiger partial charge in [-0.05, 0) is 48.4 Å². The van der Waals surface area contributed by atoms with Crippen LogP contribution in [0.3, 0.4) is 0 Å². The van der Waals surface area contributed by atoms with E-state index in [1.807, 2.05) is 31.2 Å². The number of carboxylic acid groups (broad SMARTS) is 1. The Morgan fingerprint density at radius 2 is 1.73 bits per heavy atom. The lowest BCUT2D eigenvalue weighted by atomic mass is 10.0. The second kappa shape index (κ2) is 7.09. The molecule has 0 saturated heterocycles. The van der Waals surface area contributed by atoms with Crippen LogP contribution in [0.25, 0.3) is 11.6 Å². The monoisotopic (exact) mass is 293 g/mol. The van der Waals surface area contributed by atoms with E-state index in [0.29, 0.717) is 17.7 Å². The van der Waals surface area contributed by atoms with Crippen molar-refractivity contribution >= 4 is 17.6 Å². The van der Waals surface area contributed by atoms with E-state index < -0.39 is 5.97 Å². The van der Waals surface area contributed by atoms with E-state index >= 15 is 0 Å². The molecule has 0 amide bonds. The molecule has 0 saturated carbocycles. The van der Waals surface area contributed by atoms with Crippen LogP contribution in [0.4, 0.5) is 0 Å². The maximum atomic E-state index is 10.8. The predicted molar refractivity (Wildman–Crippen MR) is 84.5 cm³/mol. The second-order valence-corrected chi connectivity index (χ2v) is 4.55. The molecule has 4 heteroatoms. The Labute approximate surface area is 128 Å². The highest BCUT2D eigenvalue weighted by atomic mass is 16.5. The molecule has 0 heterocycles. The van der Waals surface area contributed by atoms with Crippen molar-refractivity contribution in [1.29, 1.82) is 5.26 Å². The fourth-order valence-corrected chi connectivity index (χ4v) is 1.97. The van der Waals surface area contributed by atoms with Crippen molar-refractivity contribution in [2.75, 3.05) is 6.61 Å². The number of carboxylic acids is 1. The van der Waals surface area contributed by atoms with Gasteiger partial charge in [0, 0.05) is 0 Å². The molecule has 0 aliphatic carbocycles. The van der Waals surface area contributed by atoms with Gasteiger partial charge in [-0.1, -0.05) is 24.3 Å². The zero-order chi connectivity index (χ0) is 15.9. The number of rotatable bonds is 5. The molecule has 2 aromatic carbocycles. The minimum Gasteiger partial charge on any atom is -0.494 e. The lowest BCUT2D eigenvalue weighted by Gasteiger charge is -2.04. The molecule has 0 spiro atoms. The first-order valence-corrected chi connectivity index (χ1v) is 6.82. The standard InChI is InChI=1S/C18H15NO3/c1-2-22-17-9-3-13(4-10-17)11-16(12-19)14-5-7-15(8-6-14)18(20)21/h3-11H,2H2,1H3,(H,20,21)/b16-11-. The van der Waals surface area contributed by atoms with Crippen molar-refractivity contribution in [3.63, 3.8) is 0 Å². The number of benzene rings is 2. The summed E-state index contributed by atoms with van der Waals surface area (Å²) in [5.74, 6) is -0.204. The molecule has 0 bridgehead atoms. The smallest absolute Gasteiger partial charge is 0.335 e. The van der Waals surface area contributed by atoms with Crippen LogP contribution in [0.1, 0.15) is 28.4 Å². The van der Waals surface area contributed by atoms with Gasteiger partial charge in [-0.2, -0.15) is 5.26 Å². The zero-order valence-corrected chi connectivity index (χ0v) is 12.1. The molecule has 2 aromatic rings. The summed E-state index contributed by atoms with van der Waals surface area (Å²) >= 11 is 0. The van der Waals surface area contributed by atoms with E-state index in [1.54, 1.807) is 18.2 Å². The Bertz CT molecular complexity index is 722. The summed E-state index contributed by atoms with van der Waals surface area (Å²) in [5.41, 5.74) is 2.23. The average Bonchev–Trinajstić information content (AvgIpc) is 2.54. The van der Waals surface area contributed by atoms with Crippen molar-refractivity contribution in [3.05, 3.63) is 65.2 Å². The summed E-state index contributed by atoms with van der Waals surface area (Å²) in [4.78, 5) is 10.8. The predicted octanol–water partition coefficient (Wildman–Crippen LogP) is 3.85. The van der Waals surface area contributed by atoms with E-state index in [0.717, 1.165) is 11.3 Å². The quantitative estimate of drug-likeness (QED) is 0.671. The minimum atomic E-state index is -0.986. The molecule has 0 aliphatic heterocycles. The van der Waals surface area contributed by atoms with Gasteiger partial charge >= 0.3 is 5.97 Å². The van der Waals surface area contributed by atoms with Crippen molar-refractivity contribution in [1.82, 2.24) is 0 Å². The number of nitrogens with zero attached hydrogens (tertiary/aromatic N) is 1. The van der Waals surface area contributed by atoms with Gasteiger partial charge in [0.25, 0.3) is 0 Å². The van der Waals surface area contributed by atoms with Gasteiger partial charge in [0.2, 0.25) is 0 Å². The van der Waals surface area contributed by atoms with Gasteiger partial charge in [0.15, 0.2) is 0 Å². The Kier molecular flexibility index (Phi) is 4.94. The molecule has 0 aromatic heterocycles. The fourth-order valence-electron chi connectivity index (χ4n) is 1.97. The molecule has 110 valence electrons. The number of ether oxygens (including phenoxy) is 1. The normalized spacial score (nSPS) is 10.8. The number of carbonyl (C=O) groups is 1. The van der Waals surface area contributed by atoms with Gasteiger partial charge < -0.3 is 9.84 Å². The number of aromatic carboxylic acids is 1.